The van der Waals surface area contributed by atoms with Crippen LogP contribution in [-0.4, -0.2) is 35.0 Å². The molecular formula is C22H22N2O4. The van der Waals surface area contributed by atoms with Gasteiger partial charge in [0.15, 0.2) is 0 Å². The first-order valence-electron chi connectivity index (χ1n) is 9.33. The first-order chi connectivity index (χ1) is 13.3. The van der Waals surface area contributed by atoms with E-state index in [1.807, 2.05) is 32.9 Å². The number of anilines is 1. The Hall–Kier alpha value is -3.15. The fraction of sp³-hybridized carbons (Fsp3) is 0.318. The first-order valence-corrected chi connectivity index (χ1v) is 9.33. The predicted molar refractivity (Wildman–Crippen MR) is 104 cm³/mol. The van der Waals surface area contributed by atoms with E-state index in [-0.39, 0.29) is 11.8 Å². The molecule has 0 bridgehead atoms. The largest absolute Gasteiger partial charge is 0.444 e. The molecule has 0 aliphatic carbocycles. The summed E-state index contributed by atoms with van der Waals surface area (Å²) in [6, 6.07) is 12.4. The molecule has 28 heavy (non-hydrogen) atoms. The zero-order chi connectivity index (χ0) is 20.1. The number of nitrogens with zero attached hydrogens (tertiary/aromatic N) is 2. The van der Waals surface area contributed by atoms with Crippen molar-refractivity contribution in [2.75, 3.05) is 11.4 Å². The Labute approximate surface area is 163 Å². The van der Waals surface area contributed by atoms with Crippen LogP contribution in [-0.2, 0) is 17.7 Å². The lowest BCUT2D eigenvalue weighted by Crippen LogP contribution is -2.41. The van der Waals surface area contributed by atoms with Gasteiger partial charge < -0.3 is 9.64 Å². The lowest BCUT2D eigenvalue weighted by Gasteiger charge is -2.33. The van der Waals surface area contributed by atoms with Gasteiger partial charge in [-0.05, 0) is 56.5 Å². The number of fused-ring (bicyclic) bond motifs is 2. The summed E-state index contributed by atoms with van der Waals surface area (Å²) in [7, 11) is 0. The Morgan fingerprint density at radius 1 is 0.964 bits per heavy atom. The molecule has 0 N–H and O–H groups in total. The highest BCUT2D eigenvalue weighted by Gasteiger charge is 2.38. The minimum atomic E-state index is -0.584. The molecule has 0 saturated heterocycles. The third-order valence-corrected chi connectivity index (χ3v) is 4.94. The lowest BCUT2D eigenvalue weighted by atomic mass is 9.97. The minimum Gasteiger partial charge on any atom is -0.444 e. The Bertz CT molecular complexity index is 955. The third-order valence-electron chi connectivity index (χ3n) is 4.94. The molecular weight excluding hydrogens is 356 g/mol. The number of ether oxygens (including phenoxy) is 1. The van der Waals surface area contributed by atoms with Crippen molar-refractivity contribution < 1.29 is 19.1 Å². The van der Waals surface area contributed by atoms with Gasteiger partial charge in [-0.1, -0.05) is 24.3 Å². The van der Waals surface area contributed by atoms with Gasteiger partial charge in [0.1, 0.15) is 5.60 Å². The molecule has 2 aliphatic rings. The van der Waals surface area contributed by atoms with E-state index in [1.165, 1.54) is 4.90 Å². The number of hydrogen-bond acceptors (Lipinski definition) is 4. The van der Waals surface area contributed by atoms with Gasteiger partial charge in [-0.15, -0.1) is 0 Å². The fourth-order valence-corrected chi connectivity index (χ4v) is 3.66. The van der Waals surface area contributed by atoms with E-state index in [0.29, 0.717) is 36.3 Å². The number of rotatable bonds is 1. The summed E-state index contributed by atoms with van der Waals surface area (Å²) in [6.45, 7) is 6.31. The van der Waals surface area contributed by atoms with Gasteiger partial charge in [0.25, 0.3) is 11.8 Å². The van der Waals surface area contributed by atoms with Gasteiger partial charge >= 0.3 is 6.09 Å². The zero-order valence-corrected chi connectivity index (χ0v) is 16.2. The number of benzene rings is 2. The molecule has 0 aromatic heterocycles. The maximum Gasteiger partial charge on any atom is 0.410 e. The Kier molecular flexibility index (Phi) is 4.22. The summed E-state index contributed by atoms with van der Waals surface area (Å²) >= 11 is 0. The van der Waals surface area contributed by atoms with E-state index < -0.39 is 11.7 Å². The highest BCUT2D eigenvalue weighted by Crippen LogP contribution is 2.35. The van der Waals surface area contributed by atoms with Crippen molar-refractivity contribution in [1.29, 1.82) is 0 Å². The normalized spacial score (nSPS) is 16.1. The van der Waals surface area contributed by atoms with Crippen LogP contribution in [0.4, 0.5) is 10.5 Å². The van der Waals surface area contributed by atoms with E-state index in [0.717, 1.165) is 11.1 Å². The van der Waals surface area contributed by atoms with Crippen LogP contribution < -0.4 is 4.90 Å². The average molecular weight is 378 g/mol. The van der Waals surface area contributed by atoms with Crippen LogP contribution in [0.3, 0.4) is 0 Å². The standard InChI is InChI=1S/C22H22N2O4/c1-22(2,3)28-21(27)23-12-11-14-7-6-10-18(17(14)13-23)24-19(25)15-8-4-5-9-16(15)20(24)26/h4-10H,11-13H2,1-3H3. The fourth-order valence-electron chi connectivity index (χ4n) is 3.66. The third kappa shape index (κ3) is 3.05. The SMILES string of the molecule is CC(C)(C)OC(=O)N1CCc2cccc(N3C(=O)c4ccccc4C3=O)c2C1. The lowest BCUT2D eigenvalue weighted by molar-refractivity contribution is 0.0224. The van der Waals surface area contributed by atoms with E-state index >= 15 is 0 Å². The second-order valence-corrected chi connectivity index (χ2v) is 8.06. The summed E-state index contributed by atoms with van der Waals surface area (Å²) in [6.07, 6.45) is 0.251. The molecule has 0 fully saturated rings. The van der Waals surface area contributed by atoms with Crippen LogP contribution in [0.5, 0.6) is 0 Å². The summed E-state index contributed by atoms with van der Waals surface area (Å²) in [5.74, 6) is -0.660. The van der Waals surface area contributed by atoms with Gasteiger partial charge in [-0.2, -0.15) is 0 Å². The van der Waals surface area contributed by atoms with Crippen LogP contribution in [0.1, 0.15) is 52.6 Å². The summed E-state index contributed by atoms with van der Waals surface area (Å²) < 4.78 is 5.49. The maximum atomic E-state index is 12.9. The Morgan fingerprint density at radius 3 is 2.21 bits per heavy atom. The highest BCUT2D eigenvalue weighted by molar-refractivity contribution is 6.34. The van der Waals surface area contributed by atoms with Crippen molar-refractivity contribution in [2.45, 2.75) is 39.3 Å². The van der Waals surface area contributed by atoms with Crippen molar-refractivity contribution in [3.63, 3.8) is 0 Å². The molecule has 0 atom stereocenters. The van der Waals surface area contributed by atoms with E-state index in [1.54, 1.807) is 35.2 Å². The summed E-state index contributed by atoms with van der Waals surface area (Å²) in [5.41, 5.74) is 2.62. The number of hydrogen-bond donors (Lipinski definition) is 0. The zero-order valence-electron chi connectivity index (χ0n) is 16.2. The second-order valence-electron chi connectivity index (χ2n) is 8.06. The van der Waals surface area contributed by atoms with Crippen molar-refractivity contribution in [2.24, 2.45) is 0 Å². The monoisotopic (exact) mass is 378 g/mol. The van der Waals surface area contributed by atoms with E-state index in [9.17, 15) is 14.4 Å². The number of carbonyl (C=O) groups is 3. The molecule has 0 radical (unpaired) electrons. The molecule has 6 nitrogen and oxygen atoms in total. The average Bonchev–Trinajstić information content (AvgIpc) is 2.90. The smallest absolute Gasteiger partial charge is 0.410 e. The van der Waals surface area contributed by atoms with Gasteiger partial charge in [0.2, 0.25) is 0 Å². The van der Waals surface area contributed by atoms with Crippen molar-refractivity contribution >= 4 is 23.6 Å². The van der Waals surface area contributed by atoms with Crippen molar-refractivity contribution in [3.05, 3.63) is 64.7 Å². The Morgan fingerprint density at radius 2 is 1.61 bits per heavy atom. The van der Waals surface area contributed by atoms with Crippen LogP contribution in [0, 0.1) is 0 Å². The van der Waals surface area contributed by atoms with E-state index in [2.05, 4.69) is 0 Å². The van der Waals surface area contributed by atoms with Crippen molar-refractivity contribution in [3.8, 4) is 0 Å². The van der Waals surface area contributed by atoms with Gasteiger partial charge in [-0.3, -0.25) is 9.59 Å². The Balaban J connectivity index is 1.69. The molecule has 0 spiro atoms. The van der Waals surface area contributed by atoms with Crippen LogP contribution in [0.2, 0.25) is 0 Å². The molecule has 0 unspecified atom stereocenters. The summed E-state index contributed by atoms with van der Waals surface area (Å²) in [4.78, 5) is 41.2. The number of carbonyl (C=O) groups excluding carboxylic acids is 3. The molecule has 4 rings (SSSR count). The predicted octanol–water partition coefficient (Wildman–Crippen LogP) is 3.78. The molecule has 6 heteroatoms. The quantitative estimate of drug-likeness (QED) is 0.709. The first kappa shape index (κ1) is 18.2. The summed E-state index contributed by atoms with van der Waals surface area (Å²) in [5, 5.41) is 0. The van der Waals surface area contributed by atoms with E-state index in [4.69, 9.17) is 4.74 Å². The molecule has 0 saturated carbocycles. The van der Waals surface area contributed by atoms with Crippen LogP contribution in [0.15, 0.2) is 42.5 Å². The van der Waals surface area contributed by atoms with Gasteiger partial charge in [-0.25, -0.2) is 9.69 Å². The molecule has 2 aliphatic heterocycles. The number of imide groups is 1. The number of amides is 3. The second kappa shape index (κ2) is 6.48. The molecule has 3 amide bonds. The van der Waals surface area contributed by atoms with Gasteiger partial charge in [0.05, 0.1) is 23.4 Å². The van der Waals surface area contributed by atoms with Crippen LogP contribution in [0.25, 0.3) is 0 Å². The topological polar surface area (TPSA) is 66.9 Å². The van der Waals surface area contributed by atoms with Crippen molar-refractivity contribution in [1.82, 2.24) is 4.90 Å². The maximum absolute atomic E-state index is 12.9. The molecule has 2 aromatic carbocycles. The van der Waals surface area contributed by atoms with Gasteiger partial charge in [0, 0.05) is 6.54 Å². The minimum absolute atomic E-state index is 0.299. The molecule has 2 heterocycles. The van der Waals surface area contributed by atoms with Crippen LogP contribution >= 0.6 is 0 Å². The molecule has 144 valence electrons. The molecule has 2 aromatic rings. The highest BCUT2D eigenvalue weighted by atomic mass is 16.6.